The molecule has 3 aromatic carbocycles. The maximum absolute atomic E-state index is 11.4. The molecule has 1 saturated heterocycles. The summed E-state index contributed by atoms with van der Waals surface area (Å²) in [7, 11) is 0. The summed E-state index contributed by atoms with van der Waals surface area (Å²) in [4.78, 5) is 28.9. The van der Waals surface area contributed by atoms with Crippen molar-refractivity contribution in [2.75, 3.05) is 25.4 Å². The number of anilines is 1. The van der Waals surface area contributed by atoms with Crippen LogP contribution in [0.5, 0.6) is 5.75 Å². The van der Waals surface area contributed by atoms with Crippen LogP contribution in [0.4, 0.5) is 5.82 Å². The van der Waals surface area contributed by atoms with E-state index in [9.17, 15) is 19.8 Å². The summed E-state index contributed by atoms with van der Waals surface area (Å²) in [6.07, 6.45) is 2.31. The van der Waals surface area contributed by atoms with Gasteiger partial charge in [-0.15, -0.1) is 0 Å². The Bertz CT molecular complexity index is 1780. The third-order valence-corrected chi connectivity index (χ3v) is 7.56. The molecule has 2 aromatic heterocycles. The van der Waals surface area contributed by atoms with Gasteiger partial charge in [-0.25, -0.2) is 4.98 Å². The number of fused-ring (bicyclic) bond motifs is 2. The number of benzene rings is 3. The first-order valence-corrected chi connectivity index (χ1v) is 13.4. The van der Waals surface area contributed by atoms with Crippen molar-refractivity contribution in [2.45, 2.75) is 25.5 Å². The number of hydrogen-bond acceptors (Lipinski definition) is 7. The number of para-hydroxylation sites is 1. The number of carbonyl (C=O) groups is 2. The Morgan fingerprint density at radius 3 is 2.56 bits per heavy atom. The van der Waals surface area contributed by atoms with Gasteiger partial charge in [-0.3, -0.25) is 19.2 Å². The summed E-state index contributed by atoms with van der Waals surface area (Å²) >= 11 is 0. The summed E-state index contributed by atoms with van der Waals surface area (Å²) in [5.41, 5.74) is 10.3. The molecule has 1 aliphatic rings. The number of rotatable bonds is 9. The summed E-state index contributed by atoms with van der Waals surface area (Å²) < 4.78 is 8.20. The lowest BCUT2D eigenvalue weighted by atomic mass is 10.00. The largest absolute Gasteiger partial charge is 0.487 e. The normalized spacial score (nSPS) is 15.5. The van der Waals surface area contributed by atoms with Crippen molar-refractivity contribution in [3.05, 3.63) is 84.2 Å². The molecule has 0 radical (unpaired) electrons. The fourth-order valence-electron chi connectivity index (χ4n) is 5.60. The van der Waals surface area contributed by atoms with Crippen LogP contribution in [-0.2, 0) is 22.6 Å². The van der Waals surface area contributed by atoms with Gasteiger partial charge in [0.15, 0.2) is 0 Å². The van der Waals surface area contributed by atoms with Crippen LogP contribution in [0.2, 0.25) is 0 Å². The van der Waals surface area contributed by atoms with E-state index in [1.54, 1.807) is 24.4 Å². The van der Waals surface area contributed by atoms with Crippen LogP contribution in [0.15, 0.2) is 72.9 Å². The Hall–Kier alpha value is -4.96. The lowest BCUT2D eigenvalue weighted by Crippen LogP contribution is -2.28. The lowest BCUT2D eigenvalue weighted by Gasteiger charge is -2.17. The first-order chi connectivity index (χ1) is 19.9. The highest BCUT2D eigenvalue weighted by Gasteiger charge is 2.29. The fraction of sp³-hybridized carbons (Fsp3) is 0.226. The van der Waals surface area contributed by atoms with E-state index < -0.39 is 11.9 Å². The van der Waals surface area contributed by atoms with Crippen LogP contribution in [0.25, 0.3) is 32.8 Å². The quantitative estimate of drug-likeness (QED) is 0.243. The van der Waals surface area contributed by atoms with Gasteiger partial charge in [-0.05, 0) is 53.3 Å². The third-order valence-electron chi connectivity index (χ3n) is 7.56. The van der Waals surface area contributed by atoms with Crippen molar-refractivity contribution < 1.29 is 24.5 Å². The predicted octanol–water partition coefficient (Wildman–Crippen LogP) is 4.37. The van der Waals surface area contributed by atoms with Crippen LogP contribution in [0, 0.1) is 0 Å². The predicted molar refractivity (Wildman–Crippen MR) is 155 cm³/mol. The van der Waals surface area contributed by atoms with Gasteiger partial charge in [-0.1, -0.05) is 36.4 Å². The number of likely N-dealkylation sites (tertiary alicyclic amines) is 1. The van der Waals surface area contributed by atoms with E-state index >= 15 is 0 Å². The molecule has 3 heterocycles. The maximum Gasteiger partial charge on any atom is 0.317 e. The molecular weight excluding hydrogens is 522 g/mol. The minimum Gasteiger partial charge on any atom is -0.487 e. The van der Waals surface area contributed by atoms with Crippen molar-refractivity contribution in [3.63, 3.8) is 0 Å². The molecule has 1 atom stereocenters. The summed E-state index contributed by atoms with van der Waals surface area (Å²) in [6.45, 7) is 1.37. The number of carboxylic acid groups (broad SMARTS) is 2. The topological polar surface area (TPSA) is 144 Å². The highest BCUT2D eigenvalue weighted by atomic mass is 16.5. The van der Waals surface area contributed by atoms with Gasteiger partial charge >= 0.3 is 11.9 Å². The number of aromatic nitrogens is 3. The van der Waals surface area contributed by atoms with E-state index in [4.69, 9.17) is 15.6 Å². The van der Waals surface area contributed by atoms with Crippen molar-refractivity contribution >= 4 is 39.4 Å². The van der Waals surface area contributed by atoms with Crippen LogP contribution < -0.4 is 10.5 Å². The molecule has 0 amide bonds. The molecule has 0 bridgehead atoms. The van der Waals surface area contributed by atoms with Crippen LogP contribution in [0.1, 0.15) is 23.7 Å². The Morgan fingerprint density at radius 1 is 0.976 bits per heavy atom. The van der Waals surface area contributed by atoms with Crippen molar-refractivity contribution in [2.24, 2.45) is 0 Å². The molecule has 0 spiro atoms. The molecule has 41 heavy (non-hydrogen) atoms. The molecule has 1 aliphatic heterocycles. The molecule has 1 fully saturated rings. The third kappa shape index (κ3) is 5.42. The van der Waals surface area contributed by atoms with Gasteiger partial charge in [0.1, 0.15) is 18.2 Å². The number of ether oxygens (including phenoxy) is 1. The molecule has 0 saturated carbocycles. The highest BCUT2D eigenvalue weighted by Crippen LogP contribution is 2.33. The van der Waals surface area contributed by atoms with Crippen molar-refractivity contribution in [3.8, 4) is 16.9 Å². The Morgan fingerprint density at radius 2 is 1.76 bits per heavy atom. The zero-order valence-corrected chi connectivity index (χ0v) is 22.2. The average Bonchev–Trinajstić information content (AvgIpc) is 3.56. The number of pyridine rings is 1. The Balaban J connectivity index is 1.40. The van der Waals surface area contributed by atoms with E-state index in [1.807, 2.05) is 52.0 Å². The Labute approximate surface area is 235 Å². The molecule has 5 aromatic rings. The number of aliphatic carboxylic acids is 2. The average molecular weight is 552 g/mol. The molecule has 10 nitrogen and oxygen atoms in total. The molecule has 10 heteroatoms. The van der Waals surface area contributed by atoms with Crippen LogP contribution >= 0.6 is 0 Å². The van der Waals surface area contributed by atoms with Crippen LogP contribution in [0.3, 0.4) is 0 Å². The number of nitrogens with zero attached hydrogens (tertiary/aromatic N) is 4. The zero-order chi connectivity index (χ0) is 28.5. The lowest BCUT2D eigenvalue weighted by molar-refractivity contribution is -0.138. The SMILES string of the molecule is Nc1nccc2ccc(-c3ccc4nn(C5CCN(CC(=O)O)C5)c(COc5ccccc5CC(=O)O)c4c3)cc12. The number of carboxylic acids is 2. The Kier molecular flexibility index (Phi) is 6.98. The number of nitrogens with two attached hydrogens (primary N) is 1. The van der Waals surface area contributed by atoms with Gasteiger partial charge in [0.25, 0.3) is 0 Å². The van der Waals surface area contributed by atoms with E-state index in [0.29, 0.717) is 30.2 Å². The second kappa shape index (κ2) is 10.9. The summed E-state index contributed by atoms with van der Waals surface area (Å²) in [6, 6.07) is 21.2. The van der Waals surface area contributed by atoms with Gasteiger partial charge in [0.2, 0.25) is 0 Å². The first-order valence-electron chi connectivity index (χ1n) is 13.4. The summed E-state index contributed by atoms with van der Waals surface area (Å²) in [5, 5.41) is 26.4. The van der Waals surface area contributed by atoms with E-state index in [2.05, 4.69) is 11.1 Å². The second-order valence-corrected chi connectivity index (χ2v) is 10.3. The molecule has 4 N–H and O–H groups in total. The number of nitrogen functional groups attached to an aromatic ring is 1. The fourth-order valence-corrected chi connectivity index (χ4v) is 5.60. The van der Waals surface area contributed by atoms with Crippen LogP contribution in [-0.4, -0.2) is 61.5 Å². The summed E-state index contributed by atoms with van der Waals surface area (Å²) in [5.74, 6) is -0.814. The second-order valence-electron chi connectivity index (χ2n) is 10.3. The molecule has 0 aliphatic carbocycles. The van der Waals surface area contributed by atoms with Crippen molar-refractivity contribution in [1.82, 2.24) is 19.7 Å². The highest BCUT2D eigenvalue weighted by molar-refractivity contribution is 5.95. The van der Waals surface area contributed by atoms with E-state index in [0.717, 1.165) is 44.9 Å². The maximum atomic E-state index is 11.4. The smallest absolute Gasteiger partial charge is 0.317 e. The molecule has 6 rings (SSSR count). The van der Waals surface area contributed by atoms with Gasteiger partial charge in [0.05, 0.1) is 30.2 Å². The van der Waals surface area contributed by atoms with E-state index in [1.165, 1.54) is 0 Å². The molecule has 1 unspecified atom stereocenters. The van der Waals surface area contributed by atoms with Crippen molar-refractivity contribution in [1.29, 1.82) is 0 Å². The number of hydrogen-bond donors (Lipinski definition) is 3. The molecule has 208 valence electrons. The van der Waals surface area contributed by atoms with Gasteiger partial charge < -0.3 is 20.7 Å². The zero-order valence-electron chi connectivity index (χ0n) is 22.2. The minimum absolute atomic E-state index is 0.0181. The van der Waals surface area contributed by atoms with Gasteiger partial charge in [0, 0.05) is 35.6 Å². The first kappa shape index (κ1) is 26.3. The standard InChI is InChI=1S/C31H29N5O5/c32-31-24-13-20(6-5-19(24)9-11-33-31)21-7-8-26-25(14-21)27(18-41-28-4-2-1-3-22(28)15-29(37)38)36(34-26)23-10-12-35(16-23)17-30(39)40/h1-9,11,13-14,23H,10,12,15-18H2,(H2,32,33)(H,37,38)(H,39,40). The van der Waals surface area contributed by atoms with E-state index in [-0.39, 0.29) is 25.6 Å². The monoisotopic (exact) mass is 551 g/mol. The molecular formula is C31H29N5O5. The minimum atomic E-state index is -0.933. The van der Waals surface area contributed by atoms with Gasteiger partial charge in [-0.2, -0.15) is 5.10 Å².